The van der Waals surface area contributed by atoms with Gasteiger partial charge in [-0.05, 0) is 35.9 Å². The molecule has 0 aliphatic carbocycles. The second kappa shape index (κ2) is 5.69. The molecule has 18 heavy (non-hydrogen) atoms. The van der Waals surface area contributed by atoms with E-state index in [9.17, 15) is 8.78 Å². The van der Waals surface area contributed by atoms with Gasteiger partial charge >= 0.3 is 0 Å². The summed E-state index contributed by atoms with van der Waals surface area (Å²) in [5.41, 5.74) is 6.43. The minimum absolute atomic E-state index is 0.413. The van der Waals surface area contributed by atoms with E-state index < -0.39 is 11.6 Å². The van der Waals surface area contributed by atoms with E-state index >= 15 is 0 Å². The predicted molar refractivity (Wildman–Crippen MR) is 69.8 cm³/mol. The van der Waals surface area contributed by atoms with Crippen LogP contribution in [0.5, 0.6) is 0 Å². The van der Waals surface area contributed by atoms with Crippen LogP contribution < -0.4 is 5.73 Å². The Balaban J connectivity index is 2.25. The number of nitrogens with two attached hydrogens (primary N) is 1. The van der Waals surface area contributed by atoms with Crippen molar-refractivity contribution < 1.29 is 8.78 Å². The van der Waals surface area contributed by atoms with Gasteiger partial charge in [-0.25, -0.2) is 8.78 Å². The highest BCUT2D eigenvalue weighted by molar-refractivity contribution is 7.99. The maximum absolute atomic E-state index is 13.1. The fourth-order valence-corrected chi connectivity index (χ4v) is 2.59. The molecule has 0 aliphatic rings. The molecule has 0 saturated heterocycles. The van der Waals surface area contributed by atoms with Gasteiger partial charge in [-0.15, -0.1) is 0 Å². The molecule has 2 N–H and O–H groups in total. The van der Waals surface area contributed by atoms with Crippen LogP contribution in [-0.2, 0) is 6.54 Å². The second-order valence-electron chi connectivity index (χ2n) is 3.65. The summed E-state index contributed by atoms with van der Waals surface area (Å²) in [5.74, 6) is -1.72. The Morgan fingerprint density at radius 2 is 1.83 bits per heavy atom. The SMILES string of the molecule is NCc1ccc(Sc2ccc(F)c(F)c2)c(Cl)c1. The fraction of sp³-hybridized carbons (Fsp3) is 0.0769. The van der Waals surface area contributed by atoms with E-state index in [0.717, 1.165) is 22.6 Å². The lowest BCUT2D eigenvalue weighted by Crippen LogP contribution is -1.95. The highest BCUT2D eigenvalue weighted by Gasteiger charge is 2.07. The third kappa shape index (κ3) is 3.02. The van der Waals surface area contributed by atoms with Crippen molar-refractivity contribution in [2.45, 2.75) is 16.3 Å². The van der Waals surface area contributed by atoms with Crippen LogP contribution in [0.1, 0.15) is 5.56 Å². The number of rotatable bonds is 3. The lowest BCUT2D eigenvalue weighted by molar-refractivity contribution is 0.506. The van der Waals surface area contributed by atoms with Gasteiger partial charge in [0, 0.05) is 16.3 Å². The van der Waals surface area contributed by atoms with Crippen LogP contribution in [0.2, 0.25) is 5.02 Å². The monoisotopic (exact) mass is 285 g/mol. The molecule has 0 spiro atoms. The topological polar surface area (TPSA) is 26.0 Å². The minimum atomic E-state index is -0.866. The molecule has 2 aromatic rings. The Morgan fingerprint density at radius 1 is 1.06 bits per heavy atom. The Morgan fingerprint density at radius 3 is 2.44 bits per heavy atom. The maximum Gasteiger partial charge on any atom is 0.159 e. The van der Waals surface area contributed by atoms with Gasteiger partial charge < -0.3 is 5.73 Å². The predicted octanol–water partition coefficient (Wildman–Crippen LogP) is 4.23. The van der Waals surface area contributed by atoms with Gasteiger partial charge in [0.1, 0.15) is 0 Å². The smallest absolute Gasteiger partial charge is 0.159 e. The minimum Gasteiger partial charge on any atom is -0.326 e. The average molecular weight is 286 g/mol. The van der Waals surface area contributed by atoms with Gasteiger partial charge in [0.25, 0.3) is 0 Å². The summed E-state index contributed by atoms with van der Waals surface area (Å²) in [7, 11) is 0. The van der Waals surface area contributed by atoms with Gasteiger partial charge in [0.15, 0.2) is 11.6 Å². The van der Waals surface area contributed by atoms with E-state index in [4.69, 9.17) is 17.3 Å². The summed E-state index contributed by atoms with van der Waals surface area (Å²) in [6.07, 6.45) is 0. The largest absolute Gasteiger partial charge is 0.326 e. The van der Waals surface area contributed by atoms with Crippen LogP contribution in [0, 0.1) is 11.6 Å². The van der Waals surface area contributed by atoms with Crippen LogP contribution in [0.3, 0.4) is 0 Å². The Bertz CT molecular complexity index is 575. The standard InChI is InChI=1S/C13H10ClF2NS/c14-10-5-8(7-17)1-4-13(10)18-9-2-3-11(15)12(16)6-9/h1-6H,7,17H2. The van der Waals surface area contributed by atoms with E-state index in [-0.39, 0.29) is 0 Å². The lowest BCUT2D eigenvalue weighted by atomic mass is 10.2. The summed E-state index contributed by atoms with van der Waals surface area (Å²) >= 11 is 7.36. The Labute approximate surface area is 113 Å². The molecule has 5 heteroatoms. The Hall–Kier alpha value is -1.10. The molecule has 2 rings (SSSR count). The highest BCUT2D eigenvalue weighted by Crippen LogP contribution is 2.34. The molecular weight excluding hydrogens is 276 g/mol. The highest BCUT2D eigenvalue weighted by atomic mass is 35.5. The molecule has 0 atom stereocenters. The summed E-state index contributed by atoms with van der Waals surface area (Å²) in [4.78, 5) is 1.37. The molecule has 0 radical (unpaired) electrons. The summed E-state index contributed by atoms with van der Waals surface area (Å²) in [5, 5.41) is 0.549. The van der Waals surface area contributed by atoms with E-state index in [2.05, 4.69) is 0 Å². The second-order valence-corrected chi connectivity index (χ2v) is 5.17. The zero-order chi connectivity index (χ0) is 13.1. The average Bonchev–Trinajstić information content (AvgIpc) is 2.36. The summed E-state index contributed by atoms with van der Waals surface area (Å²) in [6.45, 7) is 0.413. The summed E-state index contributed by atoms with van der Waals surface area (Å²) in [6, 6.07) is 9.19. The number of halogens is 3. The Kier molecular flexibility index (Phi) is 4.22. The van der Waals surface area contributed by atoms with Crippen molar-refractivity contribution in [2.24, 2.45) is 5.73 Å². The lowest BCUT2D eigenvalue weighted by Gasteiger charge is -2.06. The molecular formula is C13H10ClF2NS. The van der Waals surface area contributed by atoms with Crippen molar-refractivity contribution in [3.05, 3.63) is 58.6 Å². The number of hydrogen-bond acceptors (Lipinski definition) is 2. The van der Waals surface area contributed by atoms with Gasteiger partial charge in [-0.1, -0.05) is 29.4 Å². The van der Waals surface area contributed by atoms with Gasteiger partial charge in [0.2, 0.25) is 0 Å². The van der Waals surface area contributed by atoms with Crippen molar-refractivity contribution in [2.75, 3.05) is 0 Å². The molecule has 0 aliphatic heterocycles. The fourth-order valence-electron chi connectivity index (χ4n) is 1.42. The molecule has 0 unspecified atom stereocenters. The van der Waals surface area contributed by atoms with Crippen molar-refractivity contribution in [3.63, 3.8) is 0 Å². The first-order valence-corrected chi connectivity index (χ1v) is 6.41. The molecule has 0 heterocycles. The van der Waals surface area contributed by atoms with Crippen LogP contribution >= 0.6 is 23.4 Å². The van der Waals surface area contributed by atoms with Crippen LogP contribution in [0.15, 0.2) is 46.2 Å². The van der Waals surface area contributed by atoms with Crippen molar-refractivity contribution in [1.82, 2.24) is 0 Å². The molecule has 0 saturated carbocycles. The first-order valence-electron chi connectivity index (χ1n) is 5.21. The first-order chi connectivity index (χ1) is 8.60. The molecule has 0 fully saturated rings. The van der Waals surface area contributed by atoms with Gasteiger partial charge in [-0.2, -0.15) is 0 Å². The third-order valence-electron chi connectivity index (χ3n) is 2.35. The first kappa shape index (κ1) is 13.3. The number of hydrogen-bond donors (Lipinski definition) is 1. The van der Waals surface area contributed by atoms with Crippen LogP contribution in [-0.4, -0.2) is 0 Å². The van der Waals surface area contributed by atoms with Crippen LogP contribution in [0.4, 0.5) is 8.78 Å². The zero-order valence-corrected chi connectivity index (χ0v) is 10.9. The molecule has 0 amide bonds. The summed E-state index contributed by atoms with van der Waals surface area (Å²) < 4.78 is 25.9. The van der Waals surface area contributed by atoms with Crippen molar-refractivity contribution in [3.8, 4) is 0 Å². The maximum atomic E-state index is 13.1. The van der Waals surface area contributed by atoms with E-state index in [0.29, 0.717) is 16.5 Å². The molecule has 0 bridgehead atoms. The van der Waals surface area contributed by atoms with Crippen molar-refractivity contribution >= 4 is 23.4 Å². The molecule has 94 valence electrons. The van der Waals surface area contributed by atoms with Crippen LogP contribution in [0.25, 0.3) is 0 Å². The zero-order valence-electron chi connectivity index (χ0n) is 9.29. The quantitative estimate of drug-likeness (QED) is 0.913. The molecule has 0 aromatic heterocycles. The normalized spacial score (nSPS) is 10.7. The van der Waals surface area contributed by atoms with Gasteiger partial charge in [0.05, 0.1) is 5.02 Å². The molecule has 1 nitrogen and oxygen atoms in total. The number of benzene rings is 2. The third-order valence-corrected chi connectivity index (χ3v) is 3.84. The molecule has 2 aromatic carbocycles. The van der Waals surface area contributed by atoms with E-state index in [1.807, 2.05) is 12.1 Å². The van der Waals surface area contributed by atoms with Crippen molar-refractivity contribution in [1.29, 1.82) is 0 Å². The van der Waals surface area contributed by atoms with E-state index in [1.165, 1.54) is 17.8 Å². The van der Waals surface area contributed by atoms with E-state index in [1.54, 1.807) is 6.07 Å². The van der Waals surface area contributed by atoms with Gasteiger partial charge in [-0.3, -0.25) is 0 Å².